The number of piperidine rings is 1. The lowest BCUT2D eigenvalue weighted by Crippen LogP contribution is -2.40. The van der Waals surface area contributed by atoms with Gasteiger partial charge in [-0.3, -0.25) is 0 Å². The summed E-state index contributed by atoms with van der Waals surface area (Å²) in [5.74, 6) is 0. The van der Waals surface area contributed by atoms with Crippen LogP contribution in [0.3, 0.4) is 0 Å². The summed E-state index contributed by atoms with van der Waals surface area (Å²) in [7, 11) is 0. The van der Waals surface area contributed by atoms with Crippen LogP contribution in [0.5, 0.6) is 0 Å². The van der Waals surface area contributed by atoms with Crippen LogP contribution in [-0.4, -0.2) is 29.4 Å². The Morgan fingerprint density at radius 1 is 1.42 bits per heavy atom. The van der Waals surface area contributed by atoms with Crippen molar-refractivity contribution in [3.05, 3.63) is 0 Å². The fraction of sp³-hybridized carbons (Fsp3) is 1.00. The van der Waals surface area contributed by atoms with Crippen molar-refractivity contribution < 1.29 is 0 Å². The van der Waals surface area contributed by atoms with Gasteiger partial charge in [-0.2, -0.15) is 0 Å². The zero-order valence-corrected chi connectivity index (χ0v) is 9.65. The van der Waals surface area contributed by atoms with Crippen LogP contribution < -0.4 is 0 Å². The van der Waals surface area contributed by atoms with E-state index in [1.807, 2.05) is 0 Å². The van der Waals surface area contributed by atoms with E-state index in [9.17, 15) is 0 Å². The lowest BCUT2D eigenvalue weighted by molar-refractivity contribution is 0.145. The molecule has 0 spiro atoms. The Hall–Kier alpha value is 0.440. The molecule has 0 aromatic rings. The third kappa shape index (κ3) is 3.06. The molecule has 1 heterocycles. The van der Waals surface area contributed by atoms with Gasteiger partial charge >= 0.3 is 0 Å². The first-order chi connectivity index (χ1) is 5.88. The number of nitrogens with zero attached hydrogens (tertiary/aromatic N) is 1. The number of halogens is 1. The standard InChI is InChI=1S/C10H20BrN/c1-2-8-12-9-4-3-5-10(12)6-7-11/h10H,2-9H2,1H3/t10-/m0/s1. The van der Waals surface area contributed by atoms with Gasteiger partial charge < -0.3 is 4.90 Å². The highest BCUT2D eigenvalue weighted by molar-refractivity contribution is 9.09. The minimum atomic E-state index is 0.873. The number of alkyl halides is 1. The maximum atomic E-state index is 3.54. The van der Waals surface area contributed by atoms with Gasteiger partial charge in [-0.1, -0.05) is 29.3 Å². The van der Waals surface area contributed by atoms with E-state index in [1.165, 1.54) is 45.2 Å². The average Bonchev–Trinajstić information content (AvgIpc) is 2.09. The summed E-state index contributed by atoms with van der Waals surface area (Å²) in [6.07, 6.45) is 6.92. The molecule has 1 aliphatic heterocycles. The molecule has 1 fully saturated rings. The topological polar surface area (TPSA) is 3.24 Å². The summed E-state index contributed by atoms with van der Waals surface area (Å²) in [6.45, 7) is 4.92. The van der Waals surface area contributed by atoms with E-state index >= 15 is 0 Å². The van der Waals surface area contributed by atoms with Gasteiger partial charge in [0.05, 0.1) is 0 Å². The van der Waals surface area contributed by atoms with Crippen molar-refractivity contribution in [1.82, 2.24) is 4.90 Å². The summed E-state index contributed by atoms with van der Waals surface area (Å²) in [5, 5.41) is 1.16. The maximum Gasteiger partial charge on any atom is 0.0103 e. The first kappa shape index (κ1) is 10.5. The van der Waals surface area contributed by atoms with Crippen LogP contribution in [0.1, 0.15) is 39.0 Å². The first-order valence-corrected chi connectivity index (χ1v) is 6.30. The molecule has 0 bridgehead atoms. The van der Waals surface area contributed by atoms with Crippen molar-refractivity contribution in [2.24, 2.45) is 0 Å². The summed E-state index contributed by atoms with van der Waals surface area (Å²) >= 11 is 3.54. The molecule has 0 amide bonds. The van der Waals surface area contributed by atoms with Crippen LogP contribution >= 0.6 is 15.9 Å². The molecule has 1 atom stereocenters. The number of hydrogen-bond acceptors (Lipinski definition) is 1. The molecule has 1 saturated heterocycles. The van der Waals surface area contributed by atoms with Crippen LogP contribution in [0.15, 0.2) is 0 Å². The van der Waals surface area contributed by atoms with Crippen molar-refractivity contribution in [3.8, 4) is 0 Å². The molecule has 0 N–H and O–H groups in total. The molecular weight excluding hydrogens is 214 g/mol. The predicted octanol–water partition coefficient (Wildman–Crippen LogP) is 3.04. The maximum absolute atomic E-state index is 3.54. The third-order valence-electron chi connectivity index (χ3n) is 2.70. The molecule has 0 radical (unpaired) electrons. The van der Waals surface area contributed by atoms with Gasteiger partial charge in [0.25, 0.3) is 0 Å². The van der Waals surface area contributed by atoms with E-state index in [-0.39, 0.29) is 0 Å². The van der Waals surface area contributed by atoms with Gasteiger partial charge in [0.1, 0.15) is 0 Å². The molecule has 2 heteroatoms. The Kier molecular flexibility index (Phi) is 5.24. The van der Waals surface area contributed by atoms with Crippen molar-refractivity contribution in [3.63, 3.8) is 0 Å². The molecule has 1 nitrogen and oxygen atoms in total. The average molecular weight is 234 g/mol. The summed E-state index contributed by atoms with van der Waals surface area (Å²) in [5.41, 5.74) is 0. The van der Waals surface area contributed by atoms with Crippen molar-refractivity contribution in [1.29, 1.82) is 0 Å². The Balaban J connectivity index is 2.31. The second-order valence-electron chi connectivity index (χ2n) is 3.66. The van der Waals surface area contributed by atoms with E-state index in [4.69, 9.17) is 0 Å². The normalized spacial score (nSPS) is 26.0. The minimum absolute atomic E-state index is 0.873. The highest BCUT2D eigenvalue weighted by Gasteiger charge is 2.20. The zero-order chi connectivity index (χ0) is 8.81. The molecule has 0 unspecified atom stereocenters. The Bertz CT molecular complexity index is 98.4. The second-order valence-corrected chi connectivity index (χ2v) is 4.46. The number of hydrogen-bond donors (Lipinski definition) is 0. The van der Waals surface area contributed by atoms with Gasteiger partial charge in [0, 0.05) is 11.4 Å². The summed E-state index contributed by atoms with van der Waals surface area (Å²) in [6, 6.07) is 0.873. The van der Waals surface area contributed by atoms with Gasteiger partial charge in [-0.15, -0.1) is 0 Å². The van der Waals surface area contributed by atoms with Crippen LogP contribution in [-0.2, 0) is 0 Å². The number of rotatable bonds is 4. The van der Waals surface area contributed by atoms with Crippen molar-refractivity contribution in [2.75, 3.05) is 18.4 Å². The molecule has 0 aromatic heterocycles. The lowest BCUT2D eigenvalue weighted by Gasteiger charge is -2.35. The lowest BCUT2D eigenvalue weighted by atomic mass is 10.00. The fourth-order valence-corrected chi connectivity index (χ4v) is 2.62. The predicted molar refractivity (Wildman–Crippen MR) is 57.9 cm³/mol. The van der Waals surface area contributed by atoms with E-state index < -0.39 is 0 Å². The minimum Gasteiger partial charge on any atom is -0.300 e. The van der Waals surface area contributed by atoms with Crippen LogP contribution in [0.4, 0.5) is 0 Å². The highest BCUT2D eigenvalue weighted by Crippen LogP contribution is 2.20. The molecule has 72 valence electrons. The quantitative estimate of drug-likeness (QED) is 0.676. The van der Waals surface area contributed by atoms with Crippen molar-refractivity contribution in [2.45, 2.75) is 45.1 Å². The van der Waals surface area contributed by atoms with E-state index in [2.05, 4.69) is 27.8 Å². The van der Waals surface area contributed by atoms with Gasteiger partial charge in [-0.25, -0.2) is 0 Å². The third-order valence-corrected chi connectivity index (χ3v) is 3.16. The Labute approximate surface area is 84.6 Å². The van der Waals surface area contributed by atoms with Crippen LogP contribution in [0.2, 0.25) is 0 Å². The van der Waals surface area contributed by atoms with E-state index in [1.54, 1.807) is 0 Å². The fourth-order valence-electron chi connectivity index (χ4n) is 2.09. The smallest absolute Gasteiger partial charge is 0.0103 e. The first-order valence-electron chi connectivity index (χ1n) is 5.18. The molecule has 1 aliphatic rings. The summed E-state index contributed by atoms with van der Waals surface area (Å²) in [4.78, 5) is 2.67. The highest BCUT2D eigenvalue weighted by atomic mass is 79.9. The molecule has 0 aliphatic carbocycles. The van der Waals surface area contributed by atoms with E-state index in [0.717, 1.165) is 11.4 Å². The molecule has 0 saturated carbocycles. The Morgan fingerprint density at radius 3 is 2.92 bits per heavy atom. The molecule has 0 aromatic carbocycles. The largest absolute Gasteiger partial charge is 0.300 e. The van der Waals surface area contributed by atoms with Gasteiger partial charge in [-0.05, 0) is 38.8 Å². The van der Waals surface area contributed by atoms with E-state index in [0.29, 0.717) is 0 Å². The second kappa shape index (κ2) is 5.98. The number of likely N-dealkylation sites (tertiary alicyclic amines) is 1. The molecule has 12 heavy (non-hydrogen) atoms. The van der Waals surface area contributed by atoms with Crippen molar-refractivity contribution >= 4 is 15.9 Å². The van der Waals surface area contributed by atoms with Gasteiger partial charge in [0.15, 0.2) is 0 Å². The molecular formula is C10H20BrN. The van der Waals surface area contributed by atoms with Crippen LogP contribution in [0.25, 0.3) is 0 Å². The monoisotopic (exact) mass is 233 g/mol. The van der Waals surface area contributed by atoms with Gasteiger partial charge in [0.2, 0.25) is 0 Å². The molecule has 1 rings (SSSR count). The Morgan fingerprint density at radius 2 is 2.25 bits per heavy atom. The SMILES string of the molecule is CCCN1CCCC[C@H]1CCBr. The summed E-state index contributed by atoms with van der Waals surface area (Å²) < 4.78 is 0. The zero-order valence-electron chi connectivity index (χ0n) is 8.06. The van der Waals surface area contributed by atoms with Crippen LogP contribution in [0, 0.1) is 0 Å².